The average molecular weight is 412 g/mol. The van der Waals surface area contributed by atoms with Crippen molar-refractivity contribution >= 4 is 17.3 Å². The van der Waals surface area contributed by atoms with Gasteiger partial charge in [-0.05, 0) is 54.2 Å². The van der Waals surface area contributed by atoms with E-state index in [0.29, 0.717) is 0 Å². The van der Waals surface area contributed by atoms with Crippen LogP contribution in [0.2, 0.25) is 0 Å². The van der Waals surface area contributed by atoms with Crippen molar-refractivity contribution in [2.75, 3.05) is 0 Å². The molecule has 148 valence electrons. The van der Waals surface area contributed by atoms with Crippen LogP contribution in [0.25, 0.3) is 5.69 Å². The molecule has 2 atom stereocenters. The van der Waals surface area contributed by atoms with E-state index in [9.17, 15) is 0 Å². The molecule has 4 aromatic rings. The third-order valence-electron chi connectivity index (χ3n) is 5.42. The van der Waals surface area contributed by atoms with Crippen molar-refractivity contribution in [2.24, 2.45) is 0 Å². The number of rotatable bonds is 5. The monoisotopic (exact) mass is 411 g/mol. The molecular weight excluding hydrogens is 390 g/mol. The van der Waals surface area contributed by atoms with E-state index in [-0.39, 0.29) is 12.1 Å². The number of aromatic nitrogens is 3. The Morgan fingerprint density at radius 2 is 1.67 bits per heavy atom. The highest BCUT2D eigenvalue weighted by Crippen LogP contribution is 2.40. The van der Waals surface area contributed by atoms with Crippen molar-refractivity contribution in [1.29, 1.82) is 0 Å². The first kappa shape index (κ1) is 18.5. The van der Waals surface area contributed by atoms with Gasteiger partial charge >= 0.3 is 0 Å². The lowest BCUT2D eigenvalue weighted by Gasteiger charge is -2.29. The molecule has 0 saturated carbocycles. The average Bonchev–Trinajstić information content (AvgIpc) is 3.40. The van der Waals surface area contributed by atoms with Gasteiger partial charge in [0.25, 0.3) is 0 Å². The topological polar surface area (TPSA) is 46.0 Å². The molecule has 0 bridgehead atoms. The second kappa shape index (κ2) is 8.08. The van der Waals surface area contributed by atoms with E-state index < -0.39 is 0 Å². The first-order valence-corrected chi connectivity index (χ1v) is 10.3. The fourth-order valence-corrected chi connectivity index (χ4v) is 4.36. The van der Waals surface area contributed by atoms with Crippen LogP contribution >= 0.6 is 12.2 Å². The van der Waals surface area contributed by atoms with Gasteiger partial charge in [0.15, 0.2) is 5.11 Å². The van der Waals surface area contributed by atoms with Crippen LogP contribution < -0.4 is 5.32 Å². The van der Waals surface area contributed by atoms with Gasteiger partial charge < -0.3 is 14.8 Å². The number of thiocarbonyl (C=S) groups is 1. The molecule has 0 aliphatic carbocycles. The summed E-state index contributed by atoms with van der Waals surface area (Å²) < 4.78 is 2.20. The molecule has 0 radical (unpaired) electrons. The number of benzene rings is 1. The Labute approximate surface area is 181 Å². The molecule has 4 heterocycles. The maximum Gasteiger partial charge on any atom is 0.170 e. The number of nitrogens with one attached hydrogen (secondary N) is 1. The predicted molar refractivity (Wildman–Crippen MR) is 121 cm³/mol. The number of nitrogens with zero attached hydrogens (tertiary/aromatic N) is 4. The Morgan fingerprint density at radius 3 is 2.43 bits per heavy atom. The van der Waals surface area contributed by atoms with Crippen LogP contribution in [0, 0.1) is 0 Å². The zero-order valence-electron chi connectivity index (χ0n) is 16.3. The maximum absolute atomic E-state index is 5.80. The molecule has 1 saturated heterocycles. The third-order valence-corrected chi connectivity index (χ3v) is 5.77. The molecule has 3 aromatic heterocycles. The van der Waals surface area contributed by atoms with Crippen LogP contribution in [-0.2, 0) is 6.54 Å². The Kier molecular flexibility index (Phi) is 4.99. The van der Waals surface area contributed by atoms with Gasteiger partial charge in [-0.25, -0.2) is 0 Å². The SMILES string of the molecule is S=C1N[C@@H](c2ccccn2)[C@@H](c2cccn2-c2ccncc2)N1Cc1ccccc1. The molecule has 0 unspecified atom stereocenters. The van der Waals surface area contributed by atoms with E-state index in [4.69, 9.17) is 12.2 Å². The van der Waals surface area contributed by atoms with Gasteiger partial charge in [-0.15, -0.1) is 0 Å². The molecule has 1 aromatic carbocycles. The van der Waals surface area contributed by atoms with Crippen LogP contribution in [0.15, 0.2) is 97.6 Å². The van der Waals surface area contributed by atoms with Gasteiger partial charge in [0.1, 0.15) is 0 Å². The van der Waals surface area contributed by atoms with E-state index in [2.05, 4.69) is 73.4 Å². The van der Waals surface area contributed by atoms with Crippen molar-refractivity contribution in [1.82, 2.24) is 24.8 Å². The molecule has 5 nitrogen and oxygen atoms in total. The molecule has 0 spiro atoms. The van der Waals surface area contributed by atoms with Crippen molar-refractivity contribution in [3.63, 3.8) is 0 Å². The molecule has 1 aliphatic heterocycles. The first-order valence-electron chi connectivity index (χ1n) is 9.91. The van der Waals surface area contributed by atoms with Gasteiger partial charge in [0, 0.05) is 42.7 Å². The Bertz CT molecular complexity index is 1130. The molecule has 30 heavy (non-hydrogen) atoms. The van der Waals surface area contributed by atoms with E-state index in [0.717, 1.165) is 28.7 Å². The normalized spacial score (nSPS) is 18.4. The summed E-state index contributed by atoms with van der Waals surface area (Å²) in [6.07, 6.45) is 7.55. The molecule has 1 aliphatic rings. The first-order chi connectivity index (χ1) is 14.8. The lowest BCUT2D eigenvalue weighted by molar-refractivity contribution is 0.302. The second-order valence-corrected chi connectivity index (χ2v) is 7.64. The minimum Gasteiger partial charge on any atom is -0.352 e. The lowest BCUT2D eigenvalue weighted by atomic mass is 10.0. The smallest absolute Gasteiger partial charge is 0.170 e. The van der Waals surface area contributed by atoms with E-state index in [1.165, 1.54) is 5.56 Å². The number of hydrogen-bond acceptors (Lipinski definition) is 3. The van der Waals surface area contributed by atoms with Crippen LogP contribution in [0.4, 0.5) is 0 Å². The van der Waals surface area contributed by atoms with Crippen molar-refractivity contribution in [2.45, 2.75) is 18.6 Å². The Hall–Kier alpha value is -3.51. The molecule has 1 N–H and O–H groups in total. The fourth-order valence-electron chi connectivity index (χ4n) is 4.05. The summed E-state index contributed by atoms with van der Waals surface area (Å²) in [6.45, 7) is 0.724. The molecule has 1 fully saturated rings. The second-order valence-electron chi connectivity index (χ2n) is 7.25. The van der Waals surface area contributed by atoms with Crippen molar-refractivity contribution in [3.8, 4) is 5.69 Å². The molecule has 0 amide bonds. The predicted octanol–water partition coefficient (Wildman–Crippen LogP) is 4.44. The minimum absolute atomic E-state index is 0.00392. The van der Waals surface area contributed by atoms with Crippen molar-refractivity contribution in [3.05, 3.63) is 115 Å². The van der Waals surface area contributed by atoms with Gasteiger partial charge in [-0.2, -0.15) is 0 Å². The minimum atomic E-state index is -0.0436. The quantitative estimate of drug-likeness (QED) is 0.492. The Balaban J connectivity index is 1.60. The van der Waals surface area contributed by atoms with Gasteiger partial charge in [0.05, 0.1) is 17.8 Å². The van der Waals surface area contributed by atoms with Gasteiger partial charge in [0.2, 0.25) is 0 Å². The lowest BCUT2D eigenvalue weighted by Crippen LogP contribution is -2.30. The van der Waals surface area contributed by atoms with E-state index >= 15 is 0 Å². The molecule has 6 heteroatoms. The highest BCUT2D eigenvalue weighted by molar-refractivity contribution is 7.80. The maximum atomic E-state index is 5.80. The summed E-state index contributed by atoms with van der Waals surface area (Å²) in [5, 5.41) is 4.26. The fraction of sp³-hybridized carbons (Fsp3) is 0.125. The molecule has 5 rings (SSSR count). The highest BCUT2D eigenvalue weighted by Gasteiger charge is 2.41. The Morgan fingerprint density at radius 1 is 0.867 bits per heavy atom. The number of hydrogen-bond donors (Lipinski definition) is 1. The van der Waals surface area contributed by atoms with Crippen molar-refractivity contribution < 1.29 is 0 Å². The zero-order chi connectivity index (χ0) is 20.3. The van der Waals surface area contributed by atoms with Crippen LogP contribution in [0.3, 0.4) is 0 Å². The summed E-state index contributed by atoms with van der Waals surface area (Å²) in [4.78, 5) is 11.1. The summed E-state index contributed by atoms with van der Waals surface area (Å²) in [7, 11) is 0. The van der Waals surface area contributed by atoms with Gasteiger partial charge in [-0.3, -0.25) is 9.97 Å². The summed E-state index contributed by atoms with van der Waals surface area (Å²) in [6, 6.07) is 24.7. The van der Waals surface area contributed by atoms with E-state index in [1.807, 2.05) is 48.9 Å². The standard InChI is InChI=1S/C24H21N5S/c30-24-27-22(20-9-4-5-13-26-20)23(29(24)17-18-7-2-1-3-8-18)21-10-6-16-28(21)19-11-14-25-15-12-19/h1-16,22-23H,17H2,(H,27,30)/t22-,23+/m0/s1. The largest absolute Gasteiger partial charge is 0.352 e. The summed E-state index contributed by atoms with van der Waals surface area (Å²) in [5.41, 5.74) is 4.42. The number of pyridine rings is 2. The highest BCUT2D eigenvalue weighted by atomic mass is 32.1. The van der Waals surface area contributed by atoms with Gasteiger partial charge in [-0.1, -0.05) is 36.4 Å². The third kappa shape index (κ3) is 3.46. The summed E-state index contributed by atoms with van der Waals surface area (Å²) >= 11 is 5.80. The van der Waals surface area contributed by atoms with Crippen LogP contribution in [0.1, 0.15) is 29.0 Å². The molecular formula is C24H21N5S. The van der Waals surface area contributed by atoms with E-state index in [1.54, 1.807) is 0 Å². The summed E-state index contributed by atoms with van der Waals surface area (Å²) in [5.74, 6) is 0. The zero-order valence-corrected chi connectivity index (χ0v) is 17.1. The van der Waals surface area contributed by atoms with Crippen LogP contribution in [0.5, 0.6) is 0 Å². The van der Waals surface area contributed by atoms with Crippen LogP contribution in [-0.4, -0.2) is 24.5 Å².